The van der Waals surface area contributed by atoms with Gasteiger partial charge in [0.05, 0.1) is 0 Å². The zero-order valence-corrected chi connectivity index (χ0v) is 9.10. The molecular formula is C10H8BrFN2. The molecule has 2 aromatic rings. The van der Waals surface area contributed by atoms with Crippen LogP contribution in [-0.2, 0) is 0 Å². The molecule has 72 valence electrons. The van der Waals surface area contributed by atoms with Gasteiger partial charge in [-0.3, -0.25) is 0 Å². The van der Waals surface area contributed by atoms with E-state index in [9.17, 15) is 4.39 Å². The van der Waals surface area contributed by atoms with Gasteiger partial charge in [-0.15, -0.1) is 0 Å². The highest BCUT2D eigenvalue weighted by atomic mass is 79.9. The molecular weight excluding hydrogens is 247 g/mol. The molecule has 0 aliphatic rings. The van der Waals surface area contributed by atoms with E-state index in [0.29, 0.717) is 11.3 Å². The second-order valence-corrected chi connectivity index (χ2v) is 3.82. The maximum atomic E-state index is 13.4. The number of benzene rings is 1. The second kappa shape index (κ2) is 3.53. The van der Waals surface area contributed by atoms with Crippen LogP contribution in [0.3, 0.4) is 0 Å². The van der Waals surface area contributed by atoms with Gasteiger partial charge in [0.15, 0.2) is 5.82 Å². The number of fused-ring (bicyclic) bond motifs is 1. The molecule has 1 aromatic carbocycles. The summed E-state index contributed by atoms with van der Waals surface area (Å²) in [5, 5.41) is 3.66. The molecule has 0 amide bonds. The lowest BCUT2D eigenvalue weighted by atomic mass is 10.2. The Hall–Kier alpha value is -1.16. The van der Waals surface area contributed by atoms with E-state index >= 15 is 0 Å². The standard InChI is InChI=1S/C10H8BrFN2/c1-13-9-3-2-6-4-7(11)5-8(12)10(6)14-9/h2-5H,1H3,(H,13,14). The Morgan fingerprint density at radius 1 is 1.36 bits per heavy atom. The number of halogens is 2. The van der Waals surface area contributed by atoms with Crippen molar-refractivity contribution in [1.82, 2.24) is 4.98 Å². The minimum Gasteiger partial charge on any atom is -0.373 e. The minimum atomic E-state index is -0.313. The molecule has 1 heterocycles. The largest absolute Gasteiger partial charge is 0.373 e. The van der Waals surface area contributed by atoms with E-state index in [4.69, 9.17) is 0 Å². The van der Waals surface area contributed by atoms with E-state index in [1.54, 1.807) is 7.05 Å². The Morgan fingerprint density at radius 3 is 2.86 bits per heavy atom. The molecule has 0 aliphatic carbocycles. The molecule has 0 spiro atoms. The Bertz CT molecular complexity index is 485. The fourth-order valence-electron chi connectivity index (χ4n) is 1.30. The maximum absolute atomic E-state index is 13.4. The van der Waals surface area contributed by atoms with E-state index in [-0.39, 0.29) is 5.82 Å². The molecule has 2 rings (SSSR count). The monoisotopic (exact) mass is 254 g/mol. The summed E-state index contributed by atoms with van der Waals surface area (Å²) in [7, 11) is 1.75. The summed E-state index contributed by atoms with van der Waals surface area (Å²) < 4.78 is 14.2. The molecule has 14 heavy (non-hydrogen) atoms. The lowest BCUT2D eigenvalue weighted by Gasteiger charge is -2.03. The van der Waals surface area contributed by atoms with E-state index in [1.807, 2.05) is 18.2 Å². The van der Waals surface area contributed by atoms with Crippen molar-refractivity contribution in [2.24, 2.45) is 0 Å². The van der Waals surface area contributed by atoms with E-state index in [2.05, 4.69) is 26.2 Å². The summed E-state index contributed by atoms with van der Waals surface area (Å²) in [6.45, 7) is 0. The molecule has 0 saturated carbocycles. The van der Waals surface area contributed by atoms with Gasteiger partial charge in [-0.05, 0) is 24.3 Å². The molecule has 0 unspecified atom stereocenters. The van der Waals surface area contributed by atoms with Gasteiger partial charge in [0.1, 0.15) is 11.3 Å². The highest BCUT2D eigenvalue weighted by Crippen LogP contribution is 2.23. The number of nitrogens with zero attached hydrogens (tertiary/aromatic N) is 1. The molecule has 4 heteroatoms. The average Bonchev–Trinajstić information content (AvgIpc) is 2.17. The lowest BCUT2D eigenvalue weighted by molar-refractivity contribution is 0.636. The number of hydrogen-bond donors (Lipinski definition) is 1. The van der Waals surface area contributed by atoms with Gasteiger partial charge < -0.3 is 5.32 Å². The van der Waals surface area contributed by atoms with Crippen molar-refractivity contribution in [2.75, 3.05) is 12.4 Å². The SMILES string of the molecule is CNc1ccc2cc(Br)cc(F)c2n1. The number of rotatable bonds is 1. The first-order chi connectivity index (χ1) is 6.70. The summed E-state index contributed by atoms with van der Waals surface area (Å²) in [6.07, 6.45) is 0. The third-order valence-corrected chi connectivity index (χ3v) is 2.42. The molecule has 0 radical (unpaired) electrons. The summed E-state index contributed by atoms with van der Waals surface area (Å²) in [5.41, 5.74) is 0.389. The van der Waals surface area contributed by atoms with Crippen LogP contribution >= 0.6 is 15.9 Å². The van der Waals surface area contributed by atoms with Crippen LogP contribution in [0.5, 0.6) is 0 Å². The molecule has 1 aromatic heterocycles. The van der Waals surface area contributed by atoms with Crippen LogP contribution < -0.4 is 5.32 Å². The second-order valence-electron chi connectivity index (χ2n) is 2.91. The van der Waals surface area contributed by atoms with Crippen molar-refractivity contribution in [2.45, 2.75) is 0 Å². The zero-order valence-electron chi connectivity index (χ0n) is 7.51. The number of aromatic nitrogens is 1. The predicted molar refractivity (Wildman–Crippen MR) is 58.9 cm³/mol. The molecule has 0 bridgehead atoms. The van der Waals surface area contributed by atoms with Crippen molar-refractivity contribution < 1.29 is 4.39 Å². The summed E-state index contributed by atoms with van der Waals surface area (Å²) in [5.74, 6) is 0.352. The minimum absolute atomic E-state index is 0.313. The van der Waals surface area contributed by atoms with Crippen molar-refractivity contribution in [3.63, 3.8) is 0 Å². The Labute approximate surface area is 89.3 Å². The fourth-order valence-corrected chi connectivity index (χ4v) is 1.74. The van der Waals surface area contributed by atoms with Crippen LogP contribution in [0.25, 0.3) is 10.9 Å². The topological polar surface area (TPSA) is 24.9 Å². The molecule has 0 aliphatic heterocycles. The first kappa shape index (κ1) is 9.40. The van der Waals surface area contributed by atoms with Gasteiger partial charge in [-0.25, -0.2) is 9.37 Å². The third kappa shape index (κ3) is 1.57. The van der Waals surface area contributed by atoms with Crippen LogP contribution in [0.2, 0.25) is 0 Å². The van der Waals surface area contributed by atoms with Crippen LogP contribution in [0.1, 0.15) is 0 Å². The summed E-state index contributed by atoms with van der Waals surface area (Å²) in [6, 6.07) is 6.90. The number of anilines is 1. The lowest BCUT2D eigenvalue weighted by Crippen LogP contribution is -1.93. The Morgan fingerprint density at radius 2 is 2.14 bits per heavy atom. The number of nitrogens with one attached hydrogen (secondary N) is 1. The van der Waals surface area contributed by atoms with E-state index in [1.165, 1.54) is 6.07 Å². The van der Waals surface area contributed by atoms with Crippen LogP contribution in [0.15, 0.2) is 28.7 Å². The highest BCUT2D eigenvalue weighted by Gasteiger charge is 2.04. The van der Waals surface area contributed by atoms with Gasteiger partial charge in [0.2, 0.25) is 0 Å². The molecule has 0 fully saturated rings. The highest BCUT2D eigenvalue weighted by molar-refractivity contribution is 9.10. The normalized spacial score (nSPS) is 10.5. The van der Waals surface area contributed by atoms with Crippen LogP contribution in [0, 0.1) is 5.82 Å². The summed E-state index contributed by atoms with van der Waals surface area (Å²) in [4.78, 5) is 4.13. The van der Waals surface area contributed by atoms with Crippen molar-refractivity contribution >= 4 is 32.7 Å². The van der Waals surface area contributed by atoms with Gasteiger partial charge in [0.25, 0.3) is 0 Å². The smallest absolute Gasteiger partial charge is 0.150 e. The van der Waals surface area contributed by atoms with Gasteiger partial charge in [-0.1, -0.05) is 15.9 Å². The first-order valence-corrected chi connectivity index (χ1v) is 4.93. The zero-order chi connectivity index (χ0) is 10.1. The Kier molecular flexibility index (Phi) is 2.37. The molecule has 2 nitrogen and oxygen atoms in total. The maximum Gasteiger partial charge on any atom is 0.150 e. The number of hydrogen-bond acceptors (Lipinski definition) is 2. The van der Waals surface area contributed by atoms with Crippen molar-refractivity contribution in [3.8, 4) is 0 Å². The first-order valence-electron chi connectivity index (χ1n) is 4.14. The third-order valence-electron chi connectivity index (χ3n) is 1.97. The molecule has 0 atom stereocenters. The Balaban J connectivity index is 2.75. The average molecular weight is 255 g/mol. The van der Waals surface area contributed by atoms with Gasteiger partial charge in [0, 0.05) is 16.9 Å². The van der Waals surface area contributed by atoms with Gasteiger partial charge in [-0.2, -0.15) is 0 Å². The van der Waals surface area contributed by atoms with Crippen molar-refractivity contribution in [1.29, 1.82) is 0 Å². The molecule has 0 saturated heterocycles. The number of pyridine rings is 1. The quantitative estimate of drug-likeness (QED) is 0.846. The van der Waals surface area contributed by atoms with Crippen LogP contribution in [0.4, 0.5) is 10.2 Å². The summed E-state index contributed by atoms with van der Waals surface area (Å²) >= 11 is 3.24. The fraction of sp³-hybridized carbons (Fsp3) is 0.100. The predicted octanol–water partition coefficient (Wildman–Crippen LogP) is 3.18. The van der Waals surface area contributed by atoms with Crippen molar-refractivity contribution in [3.05, 3.63) is 34.6 Å². The van der Waals surface area contributed by atoms with Crippen LogP contribution in [-0.4, -0.2) is 12.0 Å². The van der Waals surface area contributed by atoms with E-state index in [0.717, 1.165) is 9.86 Å². The molecule has 1 N–H and O–H groups in total. The van der Waals surface area contributed by atoms with E-state index < -0.39 is 0 Å². The van der Waals surface area contributed by atoms with Gasteiger partial charge >= 0.3 is 0 Å².